The number of hydrogen-bond donors (Lipinski definition) is 1. The lowest BCUT2D eigenvalue weighted by Gasteiger charge is -2.43. The summed E-state index contributed by atoms with van der Waals surface area (Å²) in [7, 11) is 0. The average molecular weight is 437 g/mol. The van der Waals surface area contributed by atoms with Crippen LogP contribution < -0.4 is 10.6 Å². The van der Waals surface area contributed by atoms with Gasteiger partial charge in [0.1, 0.15) is 5.82 Å². The van der Waals surface area contributed by atoms with Crippen molar-refractivity contribution in [1.29, 1.82) is 5.26 Å². The molecule has 1 aliphatic heterocycles. The summed E-state index contributed by atoms with van der Waals surface area (Å²) < 4.78 is 1.14. The summed E-state index contributed by atoms with van der Waals surface area (Å²) in [6.45, 7) is 6.31. The number of thioether (sulfide) groups is 1. The molecule has 1 atom stereocenters. The molecule has 4 rings (SSSR count). The molecule has 0 saturated heterocycles. The molecular weight excluding hydrogens is 412 g/mol. The molecule has 7 heteroatoms. The van der Waals surface area contributed by atoms with Crippen molar-refractivity contribution in [1.82, 2.24) is 4.98 Å². The van der Waals surface area contributed by atoms with Crippen LogP contribution in [0.3, 0.4) is 0 Å². The van der Waals surface area contributed by atoms with E-state index in [0.717, 1.165) is 26.9 Å². The molecule has 30 heavy (non-hydrogen) atoms. The van der Waals surface area contributed by atoms with Crippen LogP contribution in [0.5, 0.6) is 0 Å². The van der Waals surface area contributed by atoms with Crippen molar-refractivity contribution in [2.75, 3.05) is 10.7 Å². The lowest BCUT2D eigenvalue weighted by Crippen LogP contribution is -2.42. The van der Waals surface area contributed by atoms with Crippen molar-refractivity contribution < 1.29 is 4.79 Å². The summed E-state index contributed by atoms with van der Waals surface area (Å²) in [4.78, 5) is 19.6. The number of Topliss-reactive ketones (excluding diaryl/α,β-unsaturated/α-hetero) is 1. The molecule has 2 N–H and O–H groups in total. The molecule has 0 aromatic carbocycles. The zero-order valence-corrected chi connectivity index (χ0v) is 18.9. The lowest BCUT2D eigenvalue weighted by atomic mass is 9.69. The highest BCUT2D eigenvalue weighted by Gasteiger charge is 2.45. The van der Waals surface area contributed by atoms with Crippen LogP contribution in [0.4, 0.5) is 5.69 Å². The molecule has 1 aliphatic carbocycles. The average Bonchev–Trinajstić information content (AvgIpc) is 3.15. The monoisotopic (exact) mass is 436 g/mol. The molecule has 0 radical (unpaired) electrons. The number of thiophene rings is 1. The largest absolute Gasteiger partial charge is 0.384 e. The minimum Gasteiger partial charge on any atom is -0.384 e. The smallest absolute Gasteiger partial charge is 0.162 e. The minimum absolute atomic E-state index is 0.0963. The second kappa shape index (κ2) is 7.93. The Morgan fingerprint density at radius 2 is 2.20 bits per heavy atom. The number of rotatable bonds is 4. The molecule has 154 valence electrons. The Morgan fingerprint density at radius 3 is 2.87 bits per heavy atom. The molecule has 3 heterocycles. The van der Waals surface area contributed by atoms with Gasteiger partial charge in [-0.05, 0) is 46.7 Å². The van der Waals surface area contributed by atoms with Gasteiger partial charge >= 0.3 is 0 Å². The Balaban J connectivity index is 1.99. The van der Waals surface area contributed by atoms with Crippen LogP contribution in [0.25, 0.3) is 0 Å². The third kappa shape index (κ3) is 3.44. The van der Waals surface area contributed by atoms with Crippen molar-refractivity contribution in [3.05, 3.63) is 64.2 Å². The molecule has 2 aliphatic rings. The van der Waals surface area contributed by atoms with Gasteiger partial charge in [-0.1, -0.05) is 20.8 Å². The van der Waals surface area contributed by atoms with E-state index < -0.39 is 5.92 Å². The highest BCUT2D eigenvalue weighted by atomic mass is 32.2. The van der Waals surface area contributed by atoms with Crippen LogP contribution in [0.15, 0.2) is 62.8 Å². The van der Waals surface area contributed by atoms with Gasteiger partial charge in [-0.3, -0.25) is 14.7 Å². The van der Waals surface area contributed by atoms with E-state index in [1.807, 2.05) is 28.5 Å². The molecule has 2 aromatic rings. The van der Waals surface area contributed by atoms with E-state index in [1.54, 1.807) is 35.5 Å². The third-order valence-electron chi connectivity index (χ3n) is 5.53. The highest BCUT2D eigenvalue weighted by molar-refractivity contribution is 8.01. The van der Waals surface area contributed by atoms with Crippen molar-refractivity contribution in [2.24, 2.45) is 11.1 Å². The summed E-state index contributed by atoms with van der Waals surface area (Å²) >= 11 is 3.39. The van der Waals surface area contributed by atoms with Gasteiger partial charge in [-0.15, -0.1) is 23.1 Å². The molecule has 5 nitrogen and oxygen atoms in total. The number of nitriles is 1. The first-order valence-corrected chi connectivity index (χ1v) is 11.8. The molecule has 2 aromatic heterocycles. The Hall–Kier alpha value is -2.56. The maximum absolute atomic E-state index is 13.5. The minimum atomic E-state index is -0.415. The van der Waals surface area contributed by atoms with Gasteiger partial charge in [0.05, 0.1) is 33.7 Å². The van der Waals surface area contributed by atoms with E-state index in [2.05, 4.69) is 31.8 Å². The van der Waals surface area contributed by atoms with Crippen molar-refractivity contribution >= 4 is 34.6 Å². The Morgan fingerprint density at radius 1 is 1.40 bits per heavy atom. The van der Waals surface area contributed by atoms with Gasteiger partial charge in [-0.25, -0.2) is 0 Å². The van der Waals surface area contributed by atoms with Crippen LogP contribution in [0, 0.1) is 16.7 Å². The van der Waals surface area contributed by atoms with Gasteiger partial charge in [0, 0.05) is 23.9 Å². The van der Waals surface area contributed by atoms with E-state index in [9.17, 15) is 10.1 Å². The predicted octanol–water partition coefficient (Wildman–Crippen LogP) is 5.20. The van der Waals surface area contributed by atoms with Gasteiger partial charge in [0.15, 0.2) is 5.78 Å². The quantitative estimate of drug-likeness (QED) is 0.664. The summed E-state index contributed by atoms with van der Waals surface area (Å²) in [5.74, 6) is 0.995. The zero-order valence-electron chi connectivity index (χ0n) is 17.3. The van der Waals surface area contributed by atoms with E-state index >= 15 is 0 Å². The molecule has 0 unspecified atom stereocenters. The standard InChI is InChI=1S/C23H24N4OS2/c1-4-29-22-15(7-9-30-22)19-16(12-24)21(25)27(14-6-5-8-26-13-14)17-10-23(2,3)11-18(28)20(17)19/h5-9,13,19H,4,10-11,25H2,1-3H3/t19-/m1/s1. The molecule has 0 bridgehead atoms. The van der Waals surface area contributed by atoms with Crippen LogP contribution in [-0.4, -0.2) is 16.5 Å². The van der Waals surface area contributed by atoms with Crippen molar-refractivity contribution in [2.45, 2.75) is 43.7 Å². The van der Waals surface area contributed by atoms with Crippen LogP contribution >= 0.6 is 23.1 Å². The van der Waals surface area contributed by atoms with Gasteiger partial charge in [-0.2, -0.15) is 5.26 Å². The van der Waals surface area contributed by atoms with Crippen LogP contribution in [0.1, 0.15) is 45.1 Å². The normalized spacial score (nSPS) is 20.9. The highest BCUT2D eigenvalue weighted by Crippen LogP contribution is 2.52. The second-order valence-corrected chi connectivity index (χ2v) is 10.7. The van der Waals surface area contributed by atoms with Crippen molar-refractivity contribution in [3.8, 4) is 6.07 Å². The summed E-state index contributed by atoms with van der Waals surface area (Å²) in [6, 6.07) is 8.12. The number of ketones is 1. The first-order valence-electron chi connectivity index (χ1n) is 9.94. The molecule has 0 spiro atoms. The number of carbonyl (C=O) groups is 1. The lowest BCUT2D eigenvalue weighted by molar-refractivity contribution is -0.118. The maximum Gasteiger partial charge on any atom is 0.162 e. The SMILES string of the molecule is CCSc1sccc1[C@@H]1C(C#N)=C(N)N(c2cccnc2)C2=C1C(=O)CC(C)(C)C2. The number of nitrogens with zero attached hydrogens (tertiary/aromatic N) is 3. The van der Waals surface area contributed by atoms with Gasteiger partial charge in [0.2, 0.25) is 0 Å². The van der Waals surface area contributed by atoms with Gasteiger partial charge in [0.25, 0.3) is 0 Å². The number of aromatic nitrogens is 1. The predicted molar refractivity (Wildman–Crippen MR) is 122 cm³/mol. The molecule has 0 fully saturated rings. The maximum atomic E-state index is 13.5. The molecule has 0 amide bonds. The fraction of sp³-hybridized carbons (Fsp3) is 0.348. The summed E-state index contributed by atoms with van der Waals surface area (Å²) in [6.07, 6.45) is 4.59. The first kappa shape index (κ1) is 20.7. The van der Waals surface area contributed by atoms with E-state index in [1.165, 1.54) is 0 Å². The summed E-state index contributed by atoms with van der Waals surface area (Å²) in [5.41, 5.74) is 10.3. The number of pyridine rings is 1. The van der Waals surface area contributed by atoms with E-state index in [0.29, 0.717) is 29.8 Å². The Labute approximate surface area is 185 Å². The Kier molecular flexibility index (Phi) is 5.48. The van der Waals surface area contributed by atoms with Crippen molar-refractivity contribution in [3.63, 3.8) is 0 Å². The Bertz CT molecular complexity index is 1090. The topological polar surface area (TPSA) is 83.0 Å². The molecule has 0 saturated carbocycles. The van der Waals surface area contributed by atoms with Crippen LogP contribution in [-0.2, 0) is 4.79 Å². The fourth-order valence-corrected chi connectivity index (χ4v) is 6.44. The fourth-order valence-electron chi connectivity index (χ4n) is 4.37. The number of allylic oxidation sites excluding steroid dienone is 3. The van der Waals surface area contributed by atoms with E-state index in [-0.39, 0.29) is 11.2 Å². The third-order valence-corrected chi connectivity index (χ3v) is 7.68. The first-order chi connectivity index (χ1) is 14.4. The van der Waals surface area contributed by atoms with Crippen LogP contribution in [0.2, 0.25) is 0 Å². The molecular formula is C23H24N4OS2. The van der Waals surface area contributed by atoms with E-state index in [4.69, 9.17) is 5.73 Å². The number of nitrogens with two attached hydrogens (primary N) is 1. The second-order valence-electron chi connectivity index (χ2n) is 8.29. The number of carbonyl (C=O) groups excluding carboxylic acids is 1. The summed E-state index contributed by atoms with van der Waals surface area (Å²) in [5, 5.41) is 12.2. The zero-order chi connectivity index (χ0) is 21.5. The number of hydrogen-bond acceptors (Lipinski definition) is 7. The number of anilines is 1. The van der Waals surface area contributed by atoms with Gasteiger partial charge < -0.3 is 5.73 Å².